The van der Waals surface area contributed by atoms with Gasteiger partial charge in [0.05, 0.1) is 24.5 Å². The van der Waals surface area contributed by atoms with Crippen molar-refractivity contribution in [1.82, 2.24) is 9.97 Å². The van der Waals surface area contributed by atoms with Gasteiger partial charge in [0.25, 0.3) is 0 Å². The lowest BCUT2D eigenvalue weighted by Gasteiger charge is -2.19. The van der Waals surface area contributed by atoms with Gasteiger partial charge in [-0.05, 0) is 13.3 Å². The topological polar surface area (TPSA) is 95.3 Å². The van der Waals surface area contributed by atoms with Crippen LogP contribution in [0.5, 0.6) is 0 Å². The van der Waals surface area contributed by atoms with Crippen LogP contribution in [0.1, 0.15) is 30.8 Å². The number of carboxylic acids is 1. The molecule has 3 N–H and O–H groups in total. The predicted molar refractivity (Wildman–Crippen MR) is 58.4 cm³/mol. The number of aromatic carboxylic acids is 1. The van der Waals surface area contributed by atoms with Crippen molar-refractivity contribution in [2.75, 3.05) is 5.32 Å². The highest BCUT2D eigenvalue weighted by molar-refractivity contribution is 5.84. The third kappa shape index (κ3) is 3.16. The van der Waals surface area contributed by atoms with Gasteiger partial charge < -0.3 is 15.5 Å². The second-order valence-corrected chi connectivity index (χ2v) is 3.49. The third-order valence-corrected chi connectivity index (χ3v) is 2.23. The molecule has 0 saturated heterocycles. The van der Waals surface area contributed by atoms with Crippen LogP contribution < -0.4 is 5.32 Å². The van der Waals surface area contributed by atoms with Gasteiger partial charge in [-0.2, -0.15) is 0 Å². The molecule has 0 fully saturated rings. The minimum absolute atomic E-state index is 0.101. The first-order valence-electron chi connectivity index (χ1n) is 5.04. The highest BCUT2D eigenvalue weighted by Gasteiger charge is 2.13. The summed E-state index contributed by atoms with van der Waals surface area (Å²) in [7, 11) is 0. The summed E-state index contributed by atoms with van der Waals surface area (Å²) in [6.45, 7) is 3.61. The summed E-state index contributed by atoms with van der Waals surface area (Å²) in [5.41, 5.74) is -0.101. The van der Waals surface area contributed by atoms with Crippen molar-refractivity contribution in [1.29, 1.82) is 0 Å². The van der Waals surface area contributed by atoms with Gasteiger partial charge in [-0.3, -0.25) is 0 Å². The van der Waals surface area contributed by atoms with E-state index in [9.17, 15) is 9.90 Å². The van der Waals surface area contributed by atoms with E-state index in [-0.39, 0.29) is 11.7 Å². The fourth-order valence-corrected chi connectivity index (χ4v) is 1.27. The Morgan fingerprint density at radius 2 is 2.19 bits per heavy atom. The monoisotopic (exact) mass is 225 g/mol. The van der Waals surface area contributed by atoms with Gasteiger partial charge in [-0.15, -0.1) is 0 Å². The molecule has 2 atom stereocenters. The standard InChI is InChI=1S/C10H15N3O3/c1-3-7(6(2)14)13-9-5-11-8(4-12-9)10(15)16/h4-7,14H,3H2,1-2H3,(H,12,13)(H,15,16). The summed E-state index contributed by atoms with van der Waals surface area (Å²) >= 11 is 0. The highest BCUT2D eigenvalue weighted by Crippen LogP contribution is 2.08. The van der Waals surface area contributed by atoms with E-state index in [4.69, 9.17) is 5.11 Å². The van der Waals surface area contributed by atoms with Gasteiger partial charge in [0.1, 0.15) is 5.82 Å². The number of carboxylic acid groups (broad SMARTS) is 1. The van der Waals surface area contributed by atoms with E-state index < -0.39 is 12.1 Å². The van der Waals surface area contributed by atoms with Crippen LogP contribution in [-0.4, -0.2) is 38.3 Å². The molecule has 0 radical (unpaired) electrons. The SMILES string of the molecule is CCC(Nc1cnc(C(=O)O)cn1)C(C)O. The number of hydrogen-bond acceptors (Lipinski definition) is 5. The molecule has 0 aliphatic carbocycles. The quantitative estimate of drug-likeness (QED) is 0.684. The summed E-state index contributed by atoms with van der Waals surface area (Å²) in [5, 5.41) is 21.0. The molecule has 1 aromatic rings. The minimum Gasteiger partial charge on any atom is -0.476 e. The van der Waals surface area contributed by atoms with Crippen LogP contribution in [0.4, 0.5) is 5.82 Å². The van der Waals surface area contributed by atoms with Crippen LogP contribution in [0.2, 0.25) is 0 Å². The van der Waals surface area contributed by atoms with Crippen LogP contribution in [-0.2, 0) is 0 Å². The van der Waals surface area contributed by atoms with Crippen molar-refractivity contribution in [3.8, 4) is 0 Å². The molecule has 6 heteroatoms. The molecule has 1 aromatic heterocycles. The van der Waals surface area contributed by atoms with E-state index in [1.807, 2.05) is 6.92 Å². The number of aromatic nitrogens is 2. The fraction of sp³-hybridized carbons (Fsp3) is 0.500. The molecule has 0 amide bonds. The number of nitrogens with one attached hydrogen (secondary N) is 1. The summed E-state index contributed by atoms with van der Waals surface area (Å²) in [6, 6.07) is -0.120. The number of aliphatic hydroxyl groups excluding tert-OH is 1. The molecule has 0 spiro atoms. The second kappa shape index (κ2) is 5.41. The van der Waals surface area contributed by atoms with Gasteiger partial charge >= 0.3 is 5.97 Å². The Labute approximate surface area is 93.4 Å². The lowest BCUT2D eigenvalue weighted by Crippen LogP contribution is -2.31. The number of aliphatic hydroxyl groups is 1. The number of nitrogens with zero attached hydrogens (tertiary/aromatic N) is 2. The Kier molecular flexibility index (Phi) is 4.19. The minimum atomic E-state index is -1.11. The Morgan fingerprint density at radius 1 is 1.50 bits per heavy atom. The molecule has 0 aliphatic rings. The van der Waals surface area contributed by atoms with Gasteiger partial charge in [0, 0.05) is 0 Å². The molecule has 6 nitrogen and oxygen atoms in total. The smallest absolute Gasteiger partial charge is 0.356 e. The molecule has 88 valence electrons. The molecule has 0 saturated carbocycles. The zero-order chi connectivity index (χ0) is 12.1. The fourth-order valence-electron chi connectivity index (χ4n) is 1.27. The maximum Gasteiger partial charge on any atom is 0.356 e. The largest absolute Gasteiger partial charge is 0.476 e. The summed E-state index contributed by atoms with van der Waals surface area (Å²) < 4.78 is 0. The van der Waals surface area contributed by atoms with Crippen molar-refractivity contribution < 1.29 is 15.0 Å². The van der Waals surface area contributed by atoms with E-state index in [0.29, 0.717) is 5.82 Å². The number of carbonyl (C=O) groups is 1. The van der Waals surface area contributed by atoms with Crippen LogP contribution in [0.25, 0.3) is 0 Å². The van der Waals surface area contributed by atoms with E-state index in [1.165, 1.54) is 12.4 Å². The zero-order valence-electron chi connectivity index (χ0n) is 9.21. The summed E-state index contributed by atoms with van der Waals surface area (Å²) in [6.07, 6.45) is 2.75. The lowest BCUT2D eigenvalue weighted by molar-refractivity contribution is 0.0690. The molecular weight excluding hydrogens is 210 g/mol. The molecule has 0 aromatic carbocycles. The summed E-state index contributed by atoms with van der Waals surface area (Å²) in [5.74, 6) is -0.653. The van der Waals surface area contributed by atoms with Crippen molar-refractivity contribution in [2.24, 2.45) is 0 Å². The van der Waals surface area contributed by atoms with Gasteiger partial charge in [0.2, 0.25) is 0 Å². The van der Waals surface area contributed by atoms with E-state index in [1.54, 1.807) is 6.92 Å². The molecule has 2 unspecified atom stereocenters. The Bertz CT molecular complexity index is 351. The van der Waals surface area contributed by atoms with E-state index in [0.717, 1.165) is 6.42 Å². The first-order chi connectivity index (χ1) is 7.54. The lowest BCUT2D eigenvalue weighted by atomic mass is 10.1. The first kappa shape index (κ1) is 12.4. The van der Waals surface area contributed by atoms with Crippen molar-refractivity contribution >= 4 is 11.8 Å². The summed E-state index contributed by atoms with van der Waals surface area (Å²) in [4.78, 5) is 18.2. The average Bonchev–Trinajstić information content (AvgIpc) is 2.26. The molecule has 0 bridgehead atoms. The van der Waals surface area contributed by atoms with Crippen LogP contribution in [0.3, 0.4) is 0 Å². The maximum atomic E-state index is 10.5. The van der Waals surface area contributed by atoms with Gasteiger partial charge in [-0.1, -0.05) is 6.92 Å². The van der Waals surface area contributed by atoms with Crippen LogP contribution in [0.15, 0.2) is 12.4 Å². The highest BCUT2D eigenvalue weighted by atomic mass is 16.4. The van der Waals surface area contributed by atoms with Crippen LogP contribution in [0, 0.1) is 0 Å². The molecule has 1 heterocycles. The van der Waals surface area contributed by atoms with E-state index in [2.05, 4.69) is 15.3 Å². The van der Waals surface area contributed by atoms with Crippen LogP contribution >= 0.6 is 0 Å². The van der Waals surface area contributed by atoms with Crippen molar-refractivity contribution in [3.63, 3.8) is 0 Å². The Balaban J connectivity index is 2.71. The molecule has 0 aliphatic heterocycles. The Hall–Kier alpha value is -1.69. The Morgan fingerprint density at radius 3 is 2.56 bits per heavy atom. The molecule has 16 heavy (non-hydrogen) atoms. The average molecular weight is 225 g/mol. The number of hydrogen-bond donors (Lipinski definition) is 3. The van der Waals surface area contributed by atoms with E-state index >= 15 is 0 Å². The van der Waals surface area contributed by atoms with Gasteiger partial charge in [0.15, 0.2) is 5.69 Å². The van der Waals surface area contributed by atoms with Crippen molar-refractivity contribution in [2.45, 2.75) is 32.4 Å². The predicted octanol–water partition coefficient (Wildman–Crippen LogP) is 0.746. The zero-order valence-corrected chi connectivity index (χ0v) is 9.21. The number of rotatable bonds is 5. The maximum absolute atomic E-state index is 10.5. The first-order valence-corrected chi connectivity index (χ1v) is 5.04. The number of anilines is 1. The normalized spacial score (nSPS) is 14.2. The van der Waals surface area contributed by atoms with Gasteiger partial charge in [-0.25, -0.2) is 14.8 Å². The molecular formula is C10H15N3O3. The third-order valence-electron chi connectivity index (χ3n) is 2.23. The van der Waals surface area contributed by atoms with Crippen molar-refractivity contribution in [3.05, 3.63) is 18.1 Å². The second-order valence-electron chi connectivity index (χ2n) is 3.49. The molecule has 1 rings (SSSR count).